The second-order valence-corrected chi connectivity index (χ2v) is 17.9. The van der Waals surface area contributed by atoms with E-state index in [0.717, 1.165) is 25.7 Å². The van der Waals surface area contributed by atoms with Gasteiger partial charge in [-0.1, -0.05) is 263 Å². The second-order valence-electron chi connectivity index (χ2n) is 17.9. The van der Waals surface area contributed by atoms with Crippen molar-refractivity contribution in [2.24, 2.45) is 0 Å². The third kappa shape index (κ3) is 45.8. The van der Waals surface area contributed by atoms with Crippen molar-refractivity contribution >= 4 is 5.91 Å². The standard InChI is InChI=1S/C53H103NO3/c1-3-5-7-9-11-13-15-17-19-20-21-22-23-24-25-26-27-28-29-30-31-32-33-35-37-39-41-43-45-47-49-53(57)54-51(50-55)52(56)48-46-44-42-40-38-36-34-18-16-14-12-10-8-6-4-2/h24-25,46,48,51-52,55-56H,3-23,26-45,47,49-50H2,1-2H3,(H,54,57)/b25-24-,48-46+. The molecular weight excluding hydrogens is 699 g/mol. The zero-order chi connectivity index (χ0) is 41.4. The predicted octanol–water partition coefficient (Wildman–Crippen LogP) is 16.8. The highest BCUT2D eigenvalue weighted by atomic mass is 16.3. The molecule has 1 amide bonds. The van der Waals surface area contributed by atoms with Crippen molar-refractivity contribution in [3.8, 4) is 0 Å². The van der Waals surface area contributed by atoms with Gasteiger partial charge in [0.05, 0.1) is 18.8 Å². The fraction of sp³-hybridized carbons (Fsp3) is 0.906. The van der Waals surface area contributed by atoms with E-state index in [1.807, 2.05) is 6.08 Å². The highest BCUT2D eigenvalue weighted by molar-refractivity contribution is 5.76. The van der Waals surface area contributed by atoms with E-state index >= 15 is 0 Å². The van der Waals surface area contributed by atoms with E-state index < -0.39 is 12.1 Å². The van der Waals surface area contributed by atoms with E-state index in [-0.39, 0.29) is 12.5 Å². The van der Waals surface area contributed by atoms with E-state index in [1.165, 1.54) is 244 Å². The predicted molar refractivity (Wildman–Crippen MR) is 253 cm³/mol. The topological polar surface area (TPSA) is 69.6 Å². The number of carbonyl (C=O) groups is 1. The number of allylic oxidation sites excluding steroid dienone is 3. The Morgan fingerprint density at radius 2 is 0.667 bits per heavy atom. The molecule has 0 heterocycles. The summed E-state index contributed by atoms with van der Waals surface area (Å²) in [7, 11) is 0. The van der Waals surface area contributed by atoms with Crippen LogP contribution in [-0.2, 0) is 4.79 Å². The number of hydrogen-bond acceptors (Lipinski definition) is 3. The summed E-state index contributed by atoms with van der Waals surface area (Å²) in [4.78, 5) is 12.4. The first kappa shape index (κ1) is 55.9. The van der Waals surface area contributed by atoms with Crippen LogP contribution in [0.3, 0.4) is 0 Å². The quantitative estimate of drug-likeness (QED) is 0.0424. The fourth-order valence-electron chi connectivity index (χ4n) is 8.18. The normalized spacial score (nSPS) is 13.0. The number of hydrogen-bond donors (Lipinski definition) is 3. The van der Waals surface area contributed by atoms with Gasteiger partial charge in [0.2, 0.25) is 5.91 Å². The summed E-state index contributed by atoms with van der Waals surface area (Å²) < 4.78 is 0. The molecule has 0 aliphatic carbocycles. The van der Waals surface area contributed by atoms with Gasteiger partial charge in [-0.05, 0) is 44.9 Å². The Labute approximate surface area is 358 Å². The summed E-state index contributed by atoms with van der Waals surface area (Å²) in [5, 5.41) is 23.1. The molecule has 0 aliphatic rings. The zero-order valence-corrected chi connectivity index (χ0v) is 38.9. The molecule has 3 N–H and O–H groups in total. The number of rotatable bonds is 48. The van der Waals surface area contributed by atoms with Crippen LogP contribution < -0.4 is 5.32 Å². The molecule has 0 rings (SSSR count). The number of unbranched alkanes of at least 4 members (excludes halogenated alkanes) is 39. The Morgan fingerprint density at radius 3 is 0.965 bits per heavy atom. The highest BCUT2D eigenvalue weighted by Gasteiger charge is 2.18. The first-order valence-corrected chi connectivity index (χ1v) is 26.1. The van der Waals surface area contributed by atoms with Crippen LogP contribution >= 0.6 is 0 Å². The molecule has 338 valence electrons. The third-order valence-electron chi connectivity index (χ3n) is 12.2. The summed E-state index contributed by atoms with van der Waals surface area (Å²) in [5.41, 5.74) is 0. The van der Waals surface area contributed by atoms with E-state index in [4.69, 9.17) is 0 Å². The van der Waals surface area contributed by atoms with E-state index in [9.17, 15) is 15.0 Å². The number of nitrogens with one attached hydrogen (secondary N) is 1. The molecule has 0 aliphatic heterocycles. The Hall–Kier alpha value is -1.13. The monoisotopic (exact) mass is 802 g/mol. The van der Waals surface area contributed by atoms with Crippen LogP contribution in [0.4, 0.5) is 0 Å². The first-order valence-electron chi connectivity index (χ1n) is 26.1. The lowest BCUT2D eigenvalue weighted by Gasteiger charge is -2.20. The number of amides is 1. The van der Waals surface area contributed by atoms with Crippen molar-refractivity contribution in [1.82, 2.24) is 5.32 Å². The SMILES string of the molecule is CCCCCCCCCCCCCC/C=C\CCCCCCCCCCCCCCCCC(=O)NC(CO)C(O)/C=C/CCCCCCCCCCCCCCC. The maximum absolute atomic E-state index is 12.4. The van der Waals surface area contributed by atoms with Gasteiger partial charge < -0.3 is 15.5 Å². The maximum atomic E-state index is 12.4. The molecule has 4 nitrogen and oxygen atoms in total. The van der Waals surface area contributed by atoms with Gasteiger partial charge in [0.15, 0.2) is 0 Å². The van der Waals surface area contributed by atoms with E-state index in [1.54, 1.807) is 6.08 Å². The van der Waals surface area contributed by atoms with Gasteiger partial charge in [0, 0.05) is 6.42 Å². The first-order chi connectivity index (χ1) is 28.2. The molecule has 0 bridgehead atoms. The van der Waals surface area contributed by atoms with Gasteiger partial charge in [0.25, 0.3) is 0 Å². The Balaban J connectivity index is 3.45. The van der Waals surface area contributed by atoms with E-state index in [2.05, 4.69) is 31.3 Å². The lowest BCUT2D eigenvalue weighted by Crippen LogP contribution is -2.45. The minimum Gasteiger partial charge on any atom is -0.394 e. The molecule has 0 fully saturated rings. The lowest BCUT2D eigenvalue weighted by atomic mass is 10.0. The second kappa shape index (κ2) is 49.2. The minimum absolute atomic E-state index is 0.0601. The molecular formula is C53H103NO3. The largest absolute Gasteiger partial charge is 0.394 e. The van der Waals surface area contributed by atoms with Crippen LogP contribution in [0.5, 0.6) is 0 Å². The smallest absolute Gasteiger partial charge is 0.220 e. The minimum atomic E-state index is -0.836. The molecule has 4 heteroatoms. The van der Waals surface area contributed by atoms with Gasteiger partial charge in [-0.25, -0.2) is 0 Å². The summed E-state index contributed by atoms with van der Waals surface area (Å²) in [6.07, 6.45) is 64.7. The Kier molecular flexibility index (Phi) is 48.3. The summed E-state index contributed by atoms with van der Waals surface area (Å²) in [6.45, 7) is 4.33. The van der Waals surface area contributed by atoms with Crippen LogP contribution in [0.25, 0.3) is 0 Å². The van der Waals surface area contributed by atoms with Gasteiger partial charge >= 0.3 is 0 Å². The average molecular weight is 802 g/mol. The molecule has 57 heavy (non-hydrogen) atoms. The molecule has 0 aromatic heterocycles. The van der Waals surface area contributed by atoms with Gasteiger partial charge in [-0.2, -0.15) is 0 Å². The number of aliphatic hydroxyl groups excluding tert-OH is 2. The molecule has 0 aromatic carbocycles. The Bertz CT molecular complexity index is 825. The molecule has 0 aromatic rings. The van der Waals surface area contributed by atoms with Gasteiger partial charge in [-0.3, -0.25) is 4.79 Å². The summed E-state index contributed by atoms with van der Waals surface area (Å²) >= 11 is 0. The highest BCUT2D eigenvalue weighted by Crippen LogP contribution is 2.16. The number of aliphatic hydroxyl groups is 2. The van der Waals surface area contributed by atoms with Crippen molar-refractivity contribution in [2.45, 2.75) is 302 Å². The molecule has 0 spiro atoms. The average Bonchev–Trinajstić information content (AvgIpc) is 3.22. The van der Waals surface area contributed by atoms with E-state index in [0.29, 0.717) is 6.42 Å². The van der Waals surface area contributed by atoms with Crippen LogP contribution in [0.1, 0.15) is 290 Å². The zero-order valence-electron chi connectivity index (χ0n) is 38.9. The molecule has 2 atom stereocenters. The van der Waals surface area contributed by atoms with Crippen molar-refractivity contribution in [3.63, 3.8) is 0 Å². The van der Waals surface area contributed by atoms with Crippen LogP contribution in [0, 0.1) is 0 Å². The van der Waals surface area contributed by atoms with Crippen molar-refractivity contribution in [3.05, 3.63) is 24.3 Å². The van der Waals surface area contributed by atoms with Crippen molar-refractivity contribution in [1.29, 1.82) is 0 Å². The van der Waals surface area contributed by atoms with Crippen LogP contribution in [-0.4, -0.2) is 34.9 Å². The lowest BCUT2D eigenvalue weighted by molar-refractivity contribution is -0.123. The summed E-state index contributed by atoms with van der Waals surface area (Å²) in [6, 6.07) is -0.619. The molecule has 0 saturated heterocycles. The van der Waals surface area contributed by atoms with Crippen molar-refractivity contribution in [2.75, 3.05) is 6.61 Å². The Morgan fingerprint density at radius 1 is 0.404 bits per heavy atom. The van der Waals surface area contributed by atoms with Gasteiger partial charge in [-0.15, -0.1) is 0 Å². The molecule has 2 unspecified atom stereocenters. The van der Waals surface area contributed by atoms with Crippen LogP contribution in [0.2, 0.25) is 0 Å². The maximum Gasteiger partial charge on any atom is 0.220 e. The molecule has 0 radical (unpaired) electrons. The third-order valence-corrected chi connectivity index (χ3v) is 12.2. The van der Waals surface area contributed by atoms with Crippen molar-refractivity contribution < 1.29 is 15.0 Å². The summed E-state index contributed by atoms with van der Waals surface area (Å²) in [5.74, 6) is -0.0601. The number of carbonyl (C=O) groups excluding carboxylic acids is 1. The fourth-order valence-corrected chi connectivity index (χ4v) is 8.18. The van der Waals surface area contributed by atoms with Crippen LogP contribution in [0.15, 0.2) is 24.3 Å². The molecule has 0 saturated carbocycles. The van der Waals surface area contributed by atoms with Gasteiger partial charge in [0.1, 0.15) is 0 Å².